The number of rotatable bonds is 4. The maximum absolute atomic E-state index is 13.2. The van der Waals surface area contributed by atoms with Crippen LogP contribution in [-0.4, -0.2) is 13.5 Å². The number of aliphatic hydroxyl groups is 1. The summed E-state index contributed by atoms with van der Waals surface area (Å²) in [4.78, 5) is -0.0668. The van der Waals surface area contributed by atoms with E-state index < -0.39 is 22.4 Å². The number of halogens is 2. The van der Waals surface area contributed by atoms with Crippen LogP contribution < -0.4 is 4.72 Å². The van der Waals surface area contributed by atoms with Gasteiger partial charge in [-0.1, -0.05) is 29.8 Å². The first kappa shape index (κ1) is 14.8. The first-order valence-electron chi connectivity index (χ1n) is 5.60. The minimum Gasteiger partial charge on any atom is -0.392 e. The number of hydrogen-bond donors (Lipinski definition) is 2. The van der Waals surface area contributed by atoms with Crippen LogP contribution in [0.15, 0.2) is 47.4 Å². The second-order valence-corrected chi connectivity index (χ2v) is 6.12. The van der Waals surface area contributed by atoms with Crippen LogP contribution in [-0.2, 0) is 16.6 Å². The lowest BCUT2D eigenvalue weighted by atomic mass is 10.2. The van der Waals surface area contributed by atoms with Gasteiger partial charge < -0.3 is 5.11 Å². The summed E-state index contributed by atoms with van der Waals surface area (Å²) in [6.07, 6.45) is 0. The quantitative estimate of drug-likeness (QED) is 0.911. The summed E-state index contributed by atoms with van der Waals surface area (Å²) in [5, 5.41) is 9.24. The Labute approximate surface area is 120 Å². The fraction of sp³-hybridized carbons (Fsp3) is 0.0769. The Morgan fingerprint density at radius 3 is 2.55 bits per heavy atom. The summed E-state index contributed by atoms with van der Waals surface area (Å²) in [7, 11) is -3.92. The number of benzene rings is 2. The van der Waals surface area contributed by atoms with Gasteiger partial charge in [0.25, 0.3) is 10.0 Å². The van der Waals surface area contributed by atoms with Crippen LogP contribution >= 0.6 is 11.6 Å². The van der Waals surface area contributed by atoms with Gasteiger partial charge in [-0.25, -0.2) is 12.8 Å². The van der Waals surface area contributed by atoms with Gasteiger partial charge in [0.2, 0.25) is 0 Å². The van der Waals surface area contributed by atoms with Gasteiger partial charge in [0.05, 0.1) is 17.2 Å². The highest BCUT2D eigenvalue weighted by Crippen LogP contribution is 2.23. The van der Waals surface area contributed by atoms with Crippen molar-refractivity contribution >= 4 is 27.3 Å². The molecule has 0 atom stereocenters. The van der Waals surface area contributed by atoms with Crippen molar-refractivity contribution in [3.8, 4) is 0 Å². The fourth-order valence-corrected chi connectivity index (χ4v) is 3.21. The smallest absolute Gasteiger partial charge is 0.262 e. The van der Waals surface area contributed by atoms with Crippen LogP contribution in [0.25, 0.3) is 0 Å². The van der Waals surface area contributed by atoms with E-state index in [1.807, 2.05) is 0 Å². The number of hydrogen-bond acceptors (Lipinski definition) is 3. The van der Waals surface area contributed by atoms with Crippen molar-refractivity contribution in [1.82, 2.24) is 0 Å². The molecule has 2 rings (SSSR count). The van der Waals surface area contributed by atoms with Gasteiger partial charge in [0.15, 0.2) is 0 Å². The van der Waals surface area contributed by atoms with Crippen molar-refractivity contribution in [2.45, 2.75) is 11.5 Å². The largest absolute Gasteiger partial charge is 0.392 e. The van der Waals surface area contributed by atoms with E-state index in [4.69, 9.17) is 16.7 Å². The third-order valence-corrected chi connectivity index (χ3v) is 4.25. The van der Waals surface area contributed by atoms with E-state index in [0.717, 1.165) is 12.1 Å². The van der Waals surface area contributed by atoms with Crippen LogP contribution in [0.4, 0.5) is 10.1 Å². The topological polar surface area (TPSA) is 66.4 Å². The Balaban J connectivity index is 2.41. The second kappa shape index (κ2) is 5.78. The summed E-state index contributed by atoms with van der Waals surface area (Å²) in [5.74, 6) is -0.648. The lowest BCUT2D eigenvalue weighted by Gasteiger charge is -2.11. The molecule has 4 nitrogen and oxygen atoms in total. The molecule has 0 unspecified atom stereocenters. The summed E-state index contributed by atoms with van der Waals surface area (Å²) >= 11 is 5.67. The first-order valence-corrected chi connectivity index (χ1v) is 7.46. The monoisotopic (exact) mass is 315 g/mol. The van der Waals surface area contributed by atoms with Gasteiger partial charge >= 0.3 is 0 Å². The highest BCUT2D eigenvalue weighted by Gasteiger charge is 2.18. The molecule has 0 heterocycles. The van der Waals surface area contributed by atoms with Crippen molar-refractivity contribution in [2.24, 2.45) is 0 Å². The van der Waals surface area contributed by atoms with Crippen molar-refractivity contribution in [1.29, 1.82) is 0 Å². The average molecular weight is 316 g/mol. The summed E-state index contributed by atoms with van der Waals surface area (Å²) in [6, 6.07) is 9.38. The molecule has 0 aliphatic carbocycles. The van der Waals surface area contributed by atoms with Gasteiger partial charge in [-0.15, -0.1) is 0 Å². The molecule has 0 radical (unpaired) electrons. The van der Waals surface area contributed by atoms with E-state index in [9.17, 15) is 12.8 Å². The maximum atomic E-state index is 13.2. The lowest BCUT2D eigenvalue weighted by molar-refractivity contribution is 0.278. The molecule has 20 heavy (non-hydrogen) atoms. The molecule has 0 fully saturated rings. The predicted molar refractivity (Wildman–Crippen MR) is 74.6 cm³/mol. The van der Waals surface area contributed by atoms with Gasteiger partial charge in [0.1, 0.15) is 5.82 Å². The molecule has 0 saturated carbocycles. The van der Waals surface area contributed by atoms with E-state index in [-0.39, 0.29) is 21.2 Å². The third kappa shape index (κ3) is 3.27. The van der Waals surface area contributed by atoms with Gasteiger partial charge in [-0.2, -0.15) is 0 Å². The van der Waals surface area contributed by atoms with E-state index in [1.54, 1.807) is 6.07 Å². The number of aliphatic hydroxyl groups excluding tert-OH is 1. The molecule has 0 saturated heterocycles. The Hall–Kier alpha value is -1.63. The second-order valence-electron chi connectivity index (χ2n) is 4.03. The van der Waals surface area contributed by atoms with Crippen LogP contribution in [0, 0.1) is 5.82 Å². The molecule has 7 heteroatoms. The van der Waals surface area contributed by atoms with Crippen molar-refractivity contribution in [3.05, 3.63) is 58.9 Å². The minimum absolute atomic E-state index is 0.0164. The van der Waals surface area contributed by atoms with Crippen molar-refractivity contribution < 1.29 is 17.9 Å². The third-order valence-electron chi connectivity index (χ3n) is 2.55. The molecule has 106 valence electrons. The maximum Gasteiger partial charge on any atom is 0.262 e. The molecule has 0 aliphatic rings. The summed E-state index contributed by atoms with van der Waals surface area (Å²) in [6.45, 7) is -0.416. The molecule has 2 aromatic rings. The number of sulfonamides is 1. The molecule has 2 N–H and O–H groups in total. The molecular formula is C13H11ClFNO3S. The highest BCUT2D eigenvalue weighted by molar-refractivity contribution is 7.92. The molecule has 0 amide bonds. The molecule has 2 aromatic carbocycles. The molecule has 0 spiro atoms. The molecule has 0 aliphatic heterocycles. The summed E-state index contributed by atoms with van der Waals surface area (Å²) in [5.41, 5.74) is 0.269. The predicted octanol–water partition coefficient (Wildman–Crippen LogP) is 2.77. The van der Waals surface area contributed by atoms with Crippen LogP contribution in [0.2, 0.25) is 5.02 Å². The van der Waals surface area contributed by atoms with E-state index in [0.29, 0.717) is 0 Å². The number of anilines is 1. The van der Waals surface area contributed by atoms with E-state index in [2.05, 4.69) is 4.72 Å². The van der Waals surface area contributed by atoms with Crippen LogP contribution in [0.1, 0.15) is 5.56 Å². The normalized spacial score (nSPS) is 11.3. The van der Waals surface area contributed by atoms with Gasteiger partial charge in [-0.05, 0) is 29.8 Å². The van der Waals surface area contributed by atoms with Gasteiger partial charge in [0, 0.05) is 5.02 Å². The van der Waals surface area contributed by atoms with E-state index in [1.165, 1.54) is 24.3 Å². The minimum atomic E-state index is -3.92. The van der Waals surface area contributed by atoms with E-state index >= 15 is 0 Å². The Morgan fingerprint density at radius 1 is 1.20 bits per heavy atom. The molecule has 0 aromatic heterocycles. The Bertz CT molecular complexity index is 714. The highest BCUT2D eigenvalue weighted by atomic mass is 35.5. The van der Waals surface area contributed by atoms with Crippen molar-refractivity contribution in [3.63, 3.8) is 0 Å². The first-order chi connectivity index (χ1) is 9.42. The number of nitrogens with one attached hydrogen (secondary N) is 1. The van der Waals surface area contributed by atoms with Crippen LogP contribution in [0.5, 0.6) is 0 Å². The zero-order chi connectivity index (χ0) is 14.8. The Kier molecular flexibility index (Phi) is 4.27. The van der Waals surface area contributed by atoms with Crippen molar-refractivity contribution in [2.75, 3.05) is 4.72 Å². The fourth-order valence-electron chi connectivity index (χ4n) is 1.72. The van der Waals surface area contributed by atoms with Gasteiger partial charge in [-0.3, -0.25) is 4.72 Å². The standard InChI is InChI=1S/C13H11ClFNO3S/c14-10-5-11(15)7-12(6-10)16-20(18,19)13-4-2-1-3-9(13)8-17/h1-7,16-17H,8H2. The molecule has 0 bridgehead atoms. The van der Waals surface area contributed by atoms with Crippen LogP contribution in [0.3, 0.4) is 0 Å². The SMILES string of the molecule is O=S(=O)(Nc1cc(F)cc(Cl)c1)c1ccccc1CO. The zero-order valence-electron chi connectivity index (χ0n) is 10.2. The lowest BCUT2D eigenvalue weighted by Crippen LogP contribution is -2.15. The average Bonchev–Trinajstić information content (AvgIpc) is 2.36. The summed E-state index contributed by atoms with van der Waals surface area (Å²) < 4.78 is 39.9. The molecular weight excluding hydrogens is 305 g/mol. The zero-order valence-corrected chi connectivity index (χ0v) is 11.7. The Morgan fingerprint density at radius 2 is 1.90 bits per heavy atom.